The number of fused-ring (bicyclic) bond motifs is 7. The number of aryl methyl sites for hydroxylation is 1. The number of phenolic OH excluding ortho intramolecular Hbond substituents is 1. The van der Waals surface area contributed by atoms with E-state index in [-0.39, 0.29) is 46.7 Å². The smallest absolute Gasteiger partial charge is 0.229 e. The maximum Gasteiger partial charge on any atom is 0.229 e. The topological polar surface area (TPSA) is 199 Å². The van der Waals surface area contributed by atoms with Gasteiger partial charge in [-0.1, -0.05) is 12.8 Å². The van der Waals surface area contributed by atoms with E-state index in [1.165, 1.54) is 24.4 Å². The van der Waals surface area contributed by atoms with Crippen molar-refractivity contribution < 1.29 is 49.7 Å². The zero-order valence-corrected chi connectivity index (χ0v) is 24.7. The zero-order valence-electron chi connectivity index (χ0n) is 24.7. The molecular weight excluding hydrogens is 584 g/mol. The number of nitrogens with zero attached hydrogens (tertiary/aromatic N) is 1. The fourth-order valence-corrected chi connectivity index (χ4v) is 7.80. The van der Waals surface area contributed by atoms with E-state index in [1.807, 2.05) is 0 Å². The van der Waals surface area contributed by atoms with Crippen LogP contribution in [0, 0.1) is 12.3 Å². The van der Waals surface area contributed by atoms with Crippen molar-refractivity contribution >= 4 is 28.2 Å². The second kappa shape index (κ2) is 10.7. The number of aliphatic hydroxyl groups is 5. The van der Waals surface area contributed by atoms with E-state index in [4.69, 9.17) is 9.47 Å². The van der Waals surface area contributed by atoms with Crippen LogP contribution in [-0.4, -0.2) is 96.6 Å². The van der Waals surface area contributed by atoms with Gasteiger partial charge in [-0.05, 0) is 73.2 Å². The van der Waals surface area contributed by atoms with E-state index >= 15 is 0 Å². The van der Waals surface area contributed by atoms with Crippen molar-refractivity contribution in [3.8, 4) is 11.5 Å². The summed E-state index contributed by atoms with van der Waals surface area (Å²) in [5.41, 5.74) is -2.14. The number of nitrogens with one attached hydrogen (secondary N) is 1. The van der Waals surface area contributed by atoms with Crippen LogP contribution < -0.4 is 10.1 Å². The highest BCUT2D eigenvalue weighted by Crippen LogP contribution is 2.49. The van der Waals surface area contributed by atoms with Crippen molar-refractivity contribution in [2.24, 2.45) is 5.41 Å². The van der Waals surface area contributed by atoms with Gasteiger partial charge in [-0.25, -0.2) is 4.98 Å². The monoisotopic (exact) mass is 620 g/mol. The van der Waals surface area contributed by atoms with Crippen molar-refractivity contribution in [3.63, 3.8) is 0 Å². The summed E-state index contributed by atoms with van der Waals surface area (Å²) in [6.45, 7) is 1.06. The fraction of sp³-hybridized carbons (Fsp3) is 0.485. The van der Waals surface area contributed by atoms with E-state index < -0.39 is 59.9 Å². The number of β-amino-alcohol motifs (C(OH)–C–C–N with tert-alkyl or cyclic N) is 1. The Morgan fingerprint density at radius 1 is 0.933 bits per heavy atom. The first kappa shape index (κ1) is 30.0. The van der Waals surface area contributed by atoms with Gasteiger partial charge in [0.1, 0.15) is 41.2 Å². The minimum absolute atomic E-state index is 0.00494. The summed E-state index contributed by atoms with van der Waals surface area (Å²) in [7, 11) is 0. The highest BCUT2D eigenvalue weighted by atomic mass is 16.7. The first-order valence-corrected chi connectivity index (χ1v) is 15.3. The van der Waals surface area contributed by atoms with Gasteiger partial charge in [-0.2, -0.15) is 0 Å². The molecule has 3 aromatic rings. The lowest BCUT2D eigenvalue weighted by atomic mass is 9.72. The van der Waals surface area contributed by atoms with E-state index in [0.717, 1.165) is 12.8 Å². The molecule has 12 heteroatoms. The first-order valence-electron chi connectivity index (χ1n) is 15.3. The largest absolute Gasteiger partial charge is 0.507 e. The van der Waals surface area contributed by atoms with Crippen LogP contribution >= 0.6 is 0 Å². The quantitative estimate of drug-likeness (QED) is 0.163. The van der Waals surface area contributed by atoms with Crippen LogP contribution in [0.25, 0.3) is 10.8 Å². The highest BCUT2D eigenvalue weighted by molar-refractivity contribution is 6.34. The molecule has 0 radical (unpaired) electrons. The molecular formula is C33H36N2O10. The molecule has 2 aliphatic heterocycles. The minimum Gasteiger partial charge on any atom is -0.507 e. The molecule has 1 saturated carbocycles. The Kier molecular flexibility index (Phi) is 7.15. The summed E-state index contributed by atoms with van der Waals surface area (Å²) in [4.78, 5) is 32.7. The Morgan fingerprint density at radius 3 is 2.42 bits per heavy atom. The number of rotatable bonds is 1. The number of aromatic hydroxyl groups is 1. The lowest BCUT2D eigenvalue weighted by molar-refractivity contribution is -0.322. The number of hydrogen-bond acceptors (Lipinski definition) is 12. The maximum atomic E-state index is 14.1. The van der Waals surface area contributed by atoms with Gasteiger partial charge in [0.15, 0.2) is 5.78 Å². The summed E-state index contributed by atoms with van der Waals surface area (Å²) in [6.07, 6.45) is -2.84. The third-order valence-electron chi connectivity index (χ3n) is 10.4. The third kappa shape index (κ3) is 4.46. The van der Waals surface area contributed by atoms with E-state index in [2.05, 4.69) is 10.3 Å². The molecule has 3 heterocycles. The van der Waals surface area contributed by atoms with Crippen LogP contribution in [0.1, 0.15) is 75.9 Å². The molecule has 4 aliphatic rings. The van der Waals surface area contributed by atoms with Crippen LogP contribution in [0.3, 0.4) is 0 Å². The molecule has 1 spiro atoms. The van der Waals surface area contributed by atoms with Gasteiger partial charge < -0.3 is 45.4 Å². The fourth-order valence-electron chi connectivity index (χ4n) is 7.80. The van der Waals surface area contributed by atoms with Crippen LogP contribution in [0.5, 0.6) is 11.5 Å². The molecule has 6 atom stereocenters. The van der Waals surface area contributed by atoms with Gasteiger partial charge >= 0.3 is 0 Å². The summed E-state index contributed by atoms with van der Waals surface area (Å²) in [5.74, 6) is -1.47. The summed E-state index contributed by atoms with van der Waals surface area (Å²) < 4.78 is 12.3. The Labute approximate surface area is 258 Å². The number of benzene rings is 2. The summed E-state index contributed by atoms with van der Waals surface area (Å²) >= 11 is 0. The number of pyridine rings is 1. The second-order valence-corrected chi connectivity index (χ2v) is 13.0. The number of carbonyl (C=O) groups is 2. The van der Waals surface area contributed by atoms with E-state index in [1.54, 1.807) is 13.0 Å². The van der Waals surface area contributed by atoms with Crippen LogP contribution in [0.2, 0.25) is 0 Å². The summed E-state index contributed by atoms with van der Waals surface area (Å²) in [6, 6.07) is 5.96. The molecule has 7 N–H and O–H groups in total. The molecule has 1 saturated heterocycles. The summed E-state index contributed by atoms with van der Waals surface area (Å²) in [5, 5.41) is 70.1. The van der Waals surface area contributed by atoms with E-state index in [9.17, 15) is 40.2 Å². The molecule has 0 amide bonds. The van der Waals surface area contributed by atoms with Gasteiger partial charge in [-0.15, -0.1) is 0 Å². The number of ether oxygens (including phenoxy) is 2. The molecule has 12 nitrogen and oxygen atoms in total. The molecule has 2 fully saturated rings. The lowest BCUT2D eigenvalue weighted by Crippen LogP contribution is -2.67. The number of carbonyl (C=O) groups excluding carboxylic acids is 2. The van der Waals surface area contributed by atoms with Crippen molar-refractivity contribution in [1.82, 2.24) is 4.98 Å². The van der Waals surface area contributed by atoms with Gasteiger partial charge in [0, 0.05) is 29.3 Å². The van der Waals surface area contributed by atoms with Crippen molar-refractivity contribution in [1.29, 1.82) is 0 Å². The number of phenols is 1. The zero-order chi connectivity index (χ0) is 31.8. The van der Waals surface area contributed by atoms with Gasteiger partial charge in [0.05, 0.1) is 23.8 Å². The number of aliphatic hydroxyl groups excluding tert-OH is 5. The minimum atomic E-state index is -1.81. The number of hydrogen-bond donors (Lipinski definition) is 7. The highest BCUT2D eigenvalue weighted by Gasteiger charge is 2.56. The Morgan fingerprint density at radius 2 is 1.69 bits per heavy atom. The predicted octanol–water partition coefficient (Wildman–Crippen LogP) is 1.70. The standard InChI is InChI=1S/C33H36N2O10/c1-15-10-18-22(19(37)11-15)26(40)24-20-12-17-16(23(24)25(18)39)4-9-34-30(17)35-13-21(38)32(5-2-3-6-32)7-8-33(14-36)29(43)27(41)28(42)31(44-20)45-33/h4,9-12,21,27-29,31,36-38,41-43H,2-3,5-8,13-14H2,1H3,(H,34,35)/t21-,27-,28-,29+,31-,33+/m1/s1. The first-order chi connectivity index (χ1) is 21.5. The SMILES string of the molecule is Cc1cc(O)c2c(c1)C(=O)c1c(c3cc4c(nccc14)NC[C@@H](O)C1(CCCC1)CC[C@@]1(CO)O[C@@H](O3)[C@H](O)[C@@H](O)[C@@H]1O)C2=O. The number of ketones is 2. The predicted molar refractivity (Wildman–Crippen MR) is 159 cm³/mol. The molecule has 2 aromatic carbocycles. The Hall–Kier alpha value is -3.65. The molecule has 45 heavy (non-hydrogen) atoms. The normalized spacial score (nSPS) is 30.8. The van der Waals surface area contributed by atoms with Crippen molar-refractivity contribution in [2.75, 3.05) is 18.5 Å². The van der Waals surface area contributed by atoms with Crippen molar-refractivity contribution in [2.45, 2.75) is 81.8 Å². The van der Waals surface area contributed by atoms with E-state index in [0.29, 0.717) is 41.4 Å². The molecule has 238 valence electrons. The van der Waals surface area contributed by atoms with Crippen LogP contribution in [-0.2, 0) is 4.74 Å². The lowest BCUT2D eigenvalue weighted by Gasteiger charge is -2.49. The second-order valence-electron chi connectivity index (χ2n) is 13.0. The molecule has 4 bridgehead atoms. The Balaban J connectivity index is 1.46. The van der Waals surface area contributed by atoms with Gasteiger partial charge in [0.2, 0.25) is 12.1 Å². The average Bonchev–Trinajstić information content (AvgIpc) is 3.51. The van der Waals surface area contributed by atoms with Gasteiger partial charge in [0.25, 0.3) is 0 Å². The third-order valence-corrected chi connectivity index (χ3v) is 10.4. The average molecular weight is 621 g/mol. The van der Waals surface area contributed by atoms with Crippen LogP contribution in [0.4, 0.5) is 5.82 Å². The van der Waals surface area contributed by atoms with Gasteiger partial charge in [-0.3, -0.25) is 9.59 Å². The maximum absolute atomic E-state index is 14.1. The molecule has 1 aromatic heterocycles. The number of anilines is 1. The number of aromatic nitrogens is 1. The molecule has 2 aliphatic carbocycles. The Bertz CT molecular complexity index is 1720. The van der Waals surface area contributed by atoms with Crippen molar-refractivity contribution in [3.05, 3.63) is 58.3 Å². The molecule has 7 rings (SSSR count). The van der Waals surface area contributed by atoms with Crippen LogP contribution in [0.15, 0.2) is 30.5 Å². The molecule has 0 unspecified atom stereocenters.